The molecule has 0 aromatic carbocycles. The van der Waals surface area contributed by atoms with Gasteiger partial charge >= 0.3 is 0 Å². The summed E-state index contributed by atoms with van der Waals surface area (Å²) in [5.41, 5.74) is -1.44. The zero-order valence-corrected chi connectivity index (χ0v) is 10.6. The van der Waals surface area contributed by atoms with Gasteiger partial charge in [-0.25, -0.2) is 0 Å². The predicted octanol–water partition coefficient (Wildman–Crippen LogP) is 1.49. The van der Waals surface area contributed by atoms with Gasteiger partial charge in [0.15, 0.2) is 0 Å². The third-order valence-electron chi connectivity index (χ3n) is 4.59. The number of carbonyl (C=O) groups is 1. The zero-order chi connectivity index (χ0) is 12.2. The first-order valence-corrected chi connectivity index (χ1v) is 7.44. The highest BCUT2D eigenvalue weighted by molar-refractivity contribution is 7.85. The molecule has 0 radical (unpaired) electrons. The monoisotopic (exact) mass is 266 g/mol. The van der Waals surface area contributed by atoms with Gasteiger partial charge in [-0.3, -0.25) is 9.35 Å². The molecule has 0 saturated heterocycles. The van der Waals surface area contributed by atoms with E-state index >= 15 is 0 Å². The van der Waals surface area contributed by atoms with Gasteiger partial charge in [0.1, 0.15) is 5.78 Å². The van der Waals surface area contributed by atoms with Crippen LogP contribution >= 0.6 is 11.6 Å². The summed E-state index contributed by atoms with van der Waals surface area (Å²) in [5.74, 6) is -0.0962. The molecule has 4 nitrogen and oxygen atoms in total. The number of ketones is 1. The molecule has 2 rings (SSSR count). The van der Waals surface area contributed by atoms with Crippen molar-refractivity contribution in [3.8, 4) is 0 Å². The average Bonchev–Trinajstić information content (AvgIpc) is 2.51. The van der Waals surface area contributed by atoms with Gasteiger partial charge in [-0.15, -0.1) is 11.6 Å². The minimum Gasteiger partial charge on any atom is -0.299 e. The minimum absolute atomic E-state index is 0.0514. The Kier molecular flexibility index (Phi) is 2.64. The quantitative estimate of drug-likeness (QED) is 0.621. The first-order valence-electron chi connectivity index (χ1n) is 5.30. The third-order valence-corrected chi connectivity index (χ3v) is 6.00. The van der Waals surface area contributed by atoms with Crippen LogP contribution in [0, 0.1) is 16.7 Å². The van der Waals surface area contributed by atoms with Crippen LogP contribution in [0.2, 0.25) is 0 Å². The fourth-order valence-corrected chi connectivity index (χ4v) is 5.22. The van der Waals surface area contributed by atoms with E-state index in [-0.39, 0.29) is 17.6 Å². The van der Waals surface area contributed by atoms with Crippen molar-refractivity contribution in [2.24, 2.45) is 16.7 Å². The molecule has 2 bridgehead atoms. The Morgan fingerprint density at radius 3 is 2.62 bits per heavy atom. The molecule has 2 aliphatic carbocycles. The molecule has 3 unspecified atom stereocenters. The lowest BCUT2D eigenvalue weighted by Crippen LogP contribution is -2.44. The summed E-state index contributed by atoms with van der Waals surface area (Å²) in [5, 5.41) is 0. The van der Waals surface area contributed by atoms with Crippen molar-refractivity contribution >= 4 is 27.5 Å². The van der Waals surface area contributed by atoms with E-state index < -0.39 is 26.7 Å². The highest BCUT2D eigenvalue weighted by Gasteiger charge is 2.67. The summed E-state index contributed by atoms with van der Waals surface area (Å²) in [4.78, 5) is 12.0. The van der Waals surface area contributed by atoms with Gasteiger partial charge in [0.05, 0.1) is 11.2 Å². The molecule has 16 heavy (non-hydrogen) atoms. The summed E-state index contributed by atoms with van der Waals surface area (Å²) in [6, 6.07) is 0. The van der Waals surface area contributed by atoms with E-state index in [1.165, 1.54) is 0 Å². The summed E-state index contributed by atoms with van der Waals surface area (Å²) in [6.45, 7) is 1.87. The van der Waals surface area contributed by atoms with Crippen molar-refractivity contribution in [2.45, 2.75) is 26.2 Å². The van der Waals surface area contributed by atoms with Gasteiger partial charge < -0.3 is 0 Å². The van der Waals surface area contributed by atoms with Crippen molar-refractivity contribution < 1.29 is 17.8 Å². The SMILES string of the molecule is CC1(CCl)C2CCC1(CS(=O)(=O)O)C(=O)C2. The van der Waals surface area contributed by atoms with Crippen LogP contribution in [-0.2, 0) is 14.9 Å². The Hall–Kier alpha value is -0.130. The molecule has 6 heteroatoms. The van der Waals surface area contributed by atoms with Crippen LogP contribution in [0.1, 0.15) is 26.2 Å². The highest BCUT2D eigenvalue weighted by atomic mass is 35.5. The van der Waals surface area contributed by atoms with Crippen LogP contribution in [0.15, 0.2) is 0 Å². The lowest BCUT2D eigenvalue weighted by Gasteiger charge is -2.36. The number of carbonyl (C=O) groups excluding carboxylic acids is 1. The number of hydrogen-bond acceptors (Lipinski definition) is 3. The molecule has 2 aliphatic rings. The Bertz CT molecular complexity index is 432. The van der Waals surface area contributed by atoms with Gasteiger partial charge in [0, 0.05) is 12.3 Å². The number of rotatable bonds is 3. The van der Waals surface area contributed by atoms with E-state index in [1.54, 1.807) is 0 Å². The van der Waals surface area contributed by atoms with Crippen LogP contribution in [0.25, 0.3) is 0 Å². The first kappa shape index (κ1) is 12.3. The van der Waals surface area contributed by atoms with Gasteiger partial charge in [-0.1, -0.05) is 6.92 Å². The Morgan fingerprint density at radius 2 is 2.19 bits per heavy atom. The number of hydrogen-bond donors (Lipinski definition) is 1. The van der Waals surface area contributed by atoms with Crippen molar-refractivity contribution in [1.29, 1.82) is 0 Å². The molecule has 0 amide bonds. The van der Waals surface area contributed by atoms with E-state index in [1.807, 2.05) is 6.92 Å². The van der Waals surface area contributed by atoms with E-state index in [9.17, 15) is 13.2 Å². The van der Waals surface area contributed by atoms with E-state index in [2.05, 4.69) is 0 Å². The van der Waals surface area contributed by atoms with Crippen molar-refractivity contribution in [3.63, 3.8) is 0 Å². The van der Waals surface area contributed by atoms with Crippen LogP contribution in [0.4, 0.5) is 0 Å². The van der Waals surface area contributed by atoms with Crippen molar-refractivity contribution in [1.82, 2.24) is 0 Å². The summed E-state index contributed by atoms with van der Waals surface area (Å²) in [7, 11) is -4.14. The van der Waals surface area contributed by atoms with Crippen LogP contribution in [0.3, 0.4) is 0 Å². The molecular weight excluding hydrogens is 252 g/mol. The largest absolute Gasteiger partial charge is 0.299 e. The van der Waals surface area contributed by atoms with Crippen LogP contribution < -0.4 is 0 Å². The molecule has 2 fully saturated rings. The van der Waals surface area contributed by atoms with Crippen molar-refractivity contribution in [3.05, 3.63) is 0 Å². The second-order valence-electron chi connectivity index (χ2n) is 5.22. The molecule has 0 aromatic rings. The van der Waals surface area contributed by atoms with Crippen LogP contribution in [-0.4, -0.2) is 30.4 Å². The average molecular weight is 267 g/mol. The van der Waals surface area contributed by atoms with Gasteiger partial charge in [0.2, 0.25) is 0 Å². The third kappa shape index (κ3) is 1.45. The molecule has 0 aromatic heterocycles. The molecule has 0 heterocycles. The summed E-state index contributed by atoms with van der Waals surface area (Å²) >= 11 is 5.93. The number of fused-ring (bicyclic) bond motifs is 2. The minimum atomic E-state index is -4.14. The summed E-state index contributed by atoms with van der Waals surface area (Å²) < 4.78 is 31.2. The summed E-state index contributed by atoms with van der Waals surface area (Å²) in [6.07, 6.45) is 1.75. The Balaban J connectivity index is 2.47. The van der Waals surface area contributed by atoms with E-state index in [0.29, 0.717) is 12.8 Å². The Morgan fingerprint density at radius 1 is 1.56 bits per heavy atom. The van der Waals surface area contributed by atoms with E-state index in [4.69, 9.17) is 16.2 Å². The van der Waals surface area contributed by atoms with Crippen LogP contribution in [0.5, 0.6) is 0 Å². The van der Waals surface area contributed by atoms with E-state index in [0.717, 1.165) is 6.42 Å². The lowest BCUT2D eigenvalue weighted by molar-refractivity contribution is -0.128. The lowest BCUT2D eigenvalue weighted by atomic mass is 9.70. The maximum atomic E-state index is 12.0. The molecule has 3 atom stereocenters. The molecule has 0 aliphatic heterocycles. The molecular formula is C10H15ClO4S. The number of halogens is 1. The second-order valence-corrected chi connectivity index (χ2v) is 6.94. The smallest absolute Gasteiger partial charge is 0.265 e. The molecule has 2 saturated carbocycles. The maximum absolute atomic E-state index is 12.0. The number of Topliss-reactive ketones (excluding diaryl/α,β-unsaturated/α-hetero) is 1. The zero-order valence-electron chi connectivity index (χ0n) is 9.07. The second kappa shape index (κ2) is 3.43. The molecule has 1 N–H and O–H groups in total. The molecule has 92 valence electrons. The normalized spacial score (nSPS) is 42.9. The first-order chi connectivity index (χ1) is 7.25. The maximum Gasteiger partial charge on any atom is 0.265 e. The van der Waals surface area contributed by atoms with Gasteiger partial charge in [-0.2, -0.15) is 8.42 Å². The van der Waals surface area contributed by atoms with Crippen molar-refractivity contribution in [2.75, 3.05) is 11.6 Å². The standard InChI is InChI=1S/C10H15ClO4S/c1-9(5-11)7-2-3-10(9,8(12)4-7)6-16(13,14)15/h7H,2-6H2,1H3,(H,13,14,15). The Labute approximate surface area is 100 Å². The fourth-order valence-electron chi connectivity index (χ4n) is 3.49. The topological polar surface area (TPSA) is 71.4 Å². The van der Waals surface area contributed by atoms with Gasteiger partial charge in [0.25, 0.3) is 10.1 Å². The fraction of sp³-hybridized carbons (Fsp3) is 0.900. The number of alkyl halides is 1. The predicted molar refractivity (Wildman–Crippen MR) is 60.0 cm³/mol. The highest BCUT2D eigenvalue weighted by Crippen LogP contribution is 2.64. The van der Waals surface area contributed by atoms with Gasteiger partial charge in [-0.05, 0) is 24.2 Å². The molecule has 0 spiro atoms.